The van der Waals surface area contributed by atoms with Crippen molar-refractivity contribution in [3.05, 3.63) is 12.7 Å². The molecule has 0 radical (unpaired) electrons. The molecule has 0 aromatic carbocycles. The van der Waals surface area contributed by atoms with Crippen LogP contribution in [-0.4, -0.2) is 20.7 Å². The van der Waals surface area contributed by atoms with Crippen LogP contribution in [0.5, 0.6) is 0 Å². The lowest BCUT2D eigenvalue weighted by Crippen LogP contribution is -2.24. The molecule has 15 heavy (non-hydrogen) atoms. The Labute approximate surface area is 94.7 Å². The summed E-state index contributed by atoms with van der Waals surface area (Å²) >= 11 is 0. The van der Waals surface area contributed by atoms with Crippen molar-refractivity contribution in [1.82, 2.24) is 0 Å². The third kappa shape index (κ3) is 8.42. The van der Waals surface area contributed by atoms with Crippen LogP contribution in [0, 0.1) is 5.41 Å². The van der Waals surface area contributed by atoms with Crippen molar-refractivity contribution in [2.75, 3.05) is 6.61 Å². The van der Waals surface area contributed by atoms with Crippen LogP contribution in [0.3, 0.4) is 0 Å². The van der Waals surface area contributed by atoms with Crippen LogP contribution in [0.25, 0.3) is 0 Å². The summed E-state index contributed by atoms with van der Waals surface area (Å²) < 4.78 is 5.20. The molecule has 0 saturated heterocycles. The Balaban J connectivity index is 3.82. The number of rotatable bonds is 6. The van der Waals surface area contributed by atoms with E-state index >= 15 is 0 Å². The molecule has 0 aromatic heterocycles. The highest BCUT2D eigenvalue weighted by molar-refractivity contribution is 6.76. The molecule has 0 spiro atoms. The topological polar surface area (TPSA) is 26.3 Å². The monoisotopic (exact) mass is 228 g/mol. The smallest absolute Gasteiger partial charge is 0.306 e. The number of esters is 1. The van der Waals surface area contributed by atoms with Crippen molar-refractivity contribution in [2.24, 2.45) is 5.41 Å². The van der Waals surface area contributed by atoms with Crippen molar-refractivity contribution in [3.8, 4) is 0 Å². The minimum absolute atomic E-state index is 0.113. The first-order valence-electron chi connectivity index (χ1n) is 5.45. The minimum Gasteiger partial charge on any atom is -0.466 e. The highest BCUT2D eigenvalue weighted by Gasteiger charge is 2.20. The standard InChI is InChI=1S/C12H24O2Si/c1-7-12(2,3)10-11(13)14-8-9-15(4,5)6/h7H,1,8-10H2,2-6H3. The van der Waals surface area contributed by atoms with Crippen molar-refractivity contribution >= 4 is 14.0 Å². The van der Waals surface area contributed by atoms with Crippen LogP contribution in [-0.2, 0) is 9.53 Å². The maximum atomic E-state index is 11.4. The van der Waals surface area contributed by atoms with E-state index in [1.165, 1.54) is 0 Å². The summed E-state index contributed by atoms with van der Waals surface area (Å²) in [5.41, 5.74) is -0.157. The second kappa shape index (κ2) is 5.49. The molecular weight excluding hydrogens is 204 g/mol. The van der Waals surface area contributed by atoms with Gasteiger partial charge in [0, 0.05) is 8.07 Å². The van der Waals surface area contributed by atoms with Crippen LogP contribution < -0.4 is 0 Å². The summed E-state index contributed by atoms with van der Waals surface area (Å²) in [6.45, 7) is 15.1. The maximum absolute atomic E-state index is 11.4. The molecule has 3 heteroatoms. The van der Waals surface area contributed by atoms with Gasteiger partial charge in [-0.1, -0.05) is 39.6 Å². The normalized spacial score (nSPS) is 12.3. The zero-order chi connectivity index (χ0) is 12.1. The molecule has 0 fully saturated rings. The van der Waals surface area contributed by atoms with Gasteiger partial charge in [0.15, 0.2) is 0 Å². The molecule has 0 amide bonds. The molecule has 0 aliphatic heterocycles. The fraction of sp³-hybridized carbons (Fsp3) is 0.750. The largest absolute Gasteiger partial charge is 0.466 e. The highest BCUT2D eigenvalue weighted by atomic mass is 28.3. The number of carbonyl (C=O) groups is 1. The number of hydrogen-bond donors (Lipinski definition) is 0. The molecule has 0 aliphatic rings. The average Bonchev–Trinajstić information content (AvgIpc) is 2.00. The predicted molar refractivity (Wildman–Crippen MR) is 67.7 cm³/mol. The van der Waals surface area contributed by atoms with Crippen LogP contribution in [0.2, 0.25) is 25.7 Å². The van der Waals surface area contributed by atoms with E-state index in [-0.39, 0.29) is 11.4 Å². The van der Waals surface area contributed by atoms with E-state index in [1.807, 2.05) is 13.8 Å². The van der Waals surface area contributed by atoms with Crippen LogP contribution in [0.15, 0.2) is 12.7 Å². The Bertz CT molecular complexity index is 226. The van der Waals surface area contributed by atoms with Crippen molar-refractivity contribution in [2.45, 2.75) is 46.0 Å². The molecule has 0 atom stereocenters. The van der Waals surface area contributed by atoms with Gasteiger partial charge in [0.25, 0.3) is 0 Å². The molecule has 0 aliphatic carbocycles. The van der Waals surface area contributed by atoms with Gasteiger partial charge in [-0.05, 0) is 11.5 Å². The summed E-state index contributed by atoms with van der Waals surface area (Å²) in [6.07, 6.45) is 2.22. The lowest BCUT2D eigenvalue weighted by molar-refractivity contribution is -0.144. The third-order valence-electron chi connectivity index (χ3n) is 2.27. The molecular formula is C12H24O2Si. The van der Waals surface area contributed by atoms with E-state index in [0.29, 0.717) is 13.0 Å². The zero-order valence-corrected chi connectivity index (χ0v) is 11.7. The van der Waals surface area contributed by atoms with Crippen molar-refractivity contribution in [3.63, 3.8) is 0 Å². The second-order valence-corrected chi connectivity index (χ2v) is 11.5. The number of hydrogen-bond acceptors (Lipinski definition) is 2. The van der Waals surface area contributed by atoms with Gasteiger partial charge in [0.1, 0.15) is 0 Å². The first-order valence-corrected chi connectivity index (χ1v) is 9.16. The van der Waals surface area contributed by atoms with E-state index in [9.17, 15) is 4.79 Å². The molecule has 0 unspecified atom stereocenters. The number of allylic oxidation sites excluding steroid dienone is 1. The summed E-state index contributed by atoms with van der Waals surface area (Å²) in [5, 5.41) is 0. The maximum Gasteiger partial charge on any atom is 0.306 e. The van der Waals surface area contributed by atoms with Gasteiger partial charge in [0.05, 0.1) is 13.0 Å². The summed E-state index contributed by atoms with van der Waals surface area (Å²) in [6, 6.07) is 1.03. The van der Waals surface area contributed by atoms with Gasteiger partial charge < -0.3 is 4.74 Å². The molecule has 0 heterocycles. The van der Waals surface area contributed by atoms with E-state index in [1.54, 1.807) is 6.08 Å². The van der Waals surface area contributed by atoms with Gasteiger partial charge >= 0.3 is 5.97 Å². The predicted octanol–water partition coefficient (Wildman–Crippen LogP) is 3.47. The molecule has 0 bridgehead atoms. The van der Waals surface area contributed by atoms with Gasteiger partial charge in [-0.2, -0.15) is 0 Å². The first kappa shape index (κ1) is 14.4. The second-order valence-electron chi connectivity index (χ2n) is 5.90. The highest BCUT2D eigenvalue weighted by Crippen LogP contribution is 2.21. The molecule has 0 rings (SSSR count). The molecule has 0 aromatic rings. The lowest BCUT2D eigenvalue weighted by Gasteiger charge is -2.19. The van der Waals surface area contributed by atoms with Crippen molar-refractivity contribution < 1.29 is 9.53 Å². The van der Waals surface area contributed by atoms with Gasteiger partial charge in [-0.3, -0.25) is 4.79 Å². The van der Waals surface area contributed by atoms with Crippen LogP contribution >= 0.6 is 0 Å². The Morgan fingerprint density at radius 3 is 2.33 bits per heavy atom. The minimum atomic E-state index is -1.09. The van der Waals surface area contributed by atoms with Crippen LogP contribution in [0.1, 0.15) is 20.3 Å². The molecule has 0 saturated carbocycles. The Morgan fingerprint density at radius 2 is 1.93 bits per heavy atom. The number of carbonyl (C=O) groups excluding carboxylic acids is 1. The summed E-state index contributed by atoms with van der Waals surface area (Å²) in [4.78, 5) is 11.4. The molecule has 0 N–H and O–H groups in total. The Kier molecular flexibility index (Phi) is 5.28. The van der Waals surface area contributed by atoms with Gasteiger partial charge in [-0.15, -0.1) is 6.58 Å². The lowest BCUT2D eigenvalue weighted by atomic mass is 9.90. The van der Waals surface area contributed by atoms with E-state index in [0.717, 1.165) is 6.04 Å². The third-order valence-corrected chi connectivity index (χ3v) is 3.97. The summed E-state index contributed by atoms with van der Waals surface area (Å²) in [7, 11) is -1.09. The van der Waals surface area contributed by atoms with Crippen LogP contribution in [0.4, 0.5) is 0 Å². The Hall–Kier alpha value is -0.573. The molecule has 88 valence electrons. The SMILES string of the molecule is C=CC(C)(C)CC(=O)OCC[Si](C)(C)C. The van der Waals surface area contributed by atoms with E-state index in [2.05, 4.69) is 26.2 Å². The first-order chi connectivity index (χ1) is 6.66. The zero-order valence-electron chi connectivity index (χ0n) is 10.7. The van der Waals surface area contributed by atoms with Gasteiger partial charge in [0.2, 0.25) is 0 Å². The average molecular weight is 228 g/mol. The molecule has 2 nitrogen and oxygen atoms in total. The fourth-order valence-corrected chi connectivity index (χ4v) is 1.68. The quantitative estimate of drug-likeness (QED) is 0.395. The number of ether oxygens (including phenoxy) is 1. The van der Waals surface area contributed by atoms with E-state index < -0.39 is 8.07 Å². The Morgan fingerprint density at radius 1 is 1.40 bits per heavy atom. The van der Waals surface area contributed by atoms with Crippen molar-refractivity contribution in [1.29, 1.82) is 0 Å². The fourth-order valence-electron chi connectivity index (χ4n) is 0.966. The van der Waals surface area contributed by atoms with E-state index in [4.69, 9.17) is 4.74 Å². The van der Waals surface area contributed by atoms with Gasteiger partial charge in [-0.25, -0.2) is 0 Å². The summed E-state index contributed by atoms with van der Waals surface area (Å²) in [5.74, 6) is -0.113.